The molecule has 0 aliphatic heterocycles. The lowest BCUT2D eigenvalue weighted by atomic mass is 9.78. The summed E-state index contributed by atoms with van der Waals surface area (Å²) in [5.41, 5.74) is -0.141. The van der Waals surface area contributed by atoms with Gasteiger partial charge >= 0.3 is 0 Å². The zero-order chi connectivity index (χ0) is 14.8. The molecule has 1 aliphatic rings. The minimum absolute atomic E-state index is 0.132. The average Bonchev–Trinajstić information content (AvgIpc) is 2.40. The van der Waals surface area contributed by atoms with E-state index < -0.39 is 0 Å². The number of phenolic OH excluding ortho intramolecular Hbond substituents is 2. The first kappa shape index (κ1) is 15.0. The Morgan fingerprint density at radius 3 is 2.35 bits per heavy atom. The summed E-state index contributed by atoms with van der Waals surface area (Å²) in [6, 6.07) is 3.86. The molecule has 1 aliphatic carbocycles. The second-order valence-electron chi connectivity index (χ2n) is 5.79. The largest absolute Gasteiger partial charge is 0.508 e. The molecule has 5 heteroatoms. The number of benzene rings is 1. The van der Waals surface area contributed by atoms with Gasteiger partial charge < -0.3 is 15.5 Å². The summed E-state index contributed by atoms with van der Waals surface area (Å²) in [5.74, 6) is 0.454. The van der Waals surface area contributed by atoms with Crippen LogP contribution in [-0.4, -0.2) is 27.5 Å². The summed E-state index contributed by atoms with van der Waals surface area (Å²) in [6.45, 7) is 2.20. The molecule has 1 aromatic rings. The summed E-state index contributed by atoms with van der Waals surface area (Å²) in [6.07, 6.45) is 3.79. The maximum atomic E-state index is 12.3. The highest BCUT2D eigenvalue weighted by molar-refractivity contribution is 6.19. The van der Waals surface area contributed by atoms with E-state index in [9.17, 15) is 15.0 Å². The smallest absolute Gasteiger partial charge is 0.252 e. The molecular formula is C15H20ClNO3. The van der Waals surface area contributed by atoms with Crippen molar-refractivity contribution >= 4 is 17.5 Å². The Hall–Kier alpha value is -1.42. The Kier molecular flexibility index (Phi) is 4.43. The Morgan fingerprint density at radius 1 is 1.30 bits per heavy atom. The van der Waals surface area contributed by atoms with Crippen LogP contribution in [0, 0.1) is 5.92 Å². The molecule has 1 aromatic carbocycles. The molecule has 0 saturated heterocycles. The van der Waals surface area contributed by atoms with Crippen molar-refractivity contribution in [3.05, 3.63) is 23.8 Å². The van der Waals surface area contributed by atoms with Crippen LogP contribution in [0.4, 0.5) is 0 Å². The van der Waals surface area contributed by atoms with E-state index in [1.807, 2.05) is 0 Å². The molecule has 0 unspecified atom stereocenters. The lowest BCUT2D eigenvalue weighted by Crippen LogP contribution is -2.52. The monoisotopic (exact) mass is 297 g/mol. The quantitative estimate of drug-likeness (QED) is 0.751. The van der Waals surface area contributed by atoms with Crippen molar-refractivity contribution in [3.8, 4) is 11.5 Å². The highest BCUT2D eigenvalue weighted by Gasteiger charge is 2.35. The molecule has 1 amide bonds. The molecule has 0 bridgehead atoms. The maximum Gasteiger partial charge on any atom is 0.252 e. The summed E-state index contributed by atoms with van der Waals surface area (Å²) < 4.78 is 0. The van der Waals surface area contributed by atoms with Gasteiger partial charge in [-0.2, -0.15) is 0 Å². The van der Waals surface area contributed by atoms with Crippen LogP contribution in [0.15, 0.2) is 18.2 Å². The second kappa shape index (κ2) is 5.92. The highest BCUT2D eigenvalue weighted by atomic mass is 35.5. The van der Waals surface area contributed by atoms with E-state index >= 15 is 0 Å². The van der Waals surface area contributed by atoms with Gasteiger partial charge in [0.25, 0.3) is 5.91 Å². The van der Waals surface area contributed by atoms with Gasteiger partial charge in [-0.25, -0.2) is 0 Å². The van der Waals surface area contributed by atoms with Crippen LogP contribution >= 0.6 is 11.6 Å². The predicted molar refractivity (Wildman–Crippen MR) is 78.3 cm³/mol. The average molecular weight is 298 g/mol. The normalized spacial score (nSPS) is 26.2. The van der Waals surface area contributed by atoms with E-state index in [-0.39, 0.29) is 28.5 Å². The zero-order valence-corrected chi connectivity index (χ0v) is 12.3. The number of carbonyl (C=O) groups is 1. The van der Waals surface area contributed by atoms with E-state index in [1.165, 1.54) is 18.2 Å². The number of carbonyl (C=O) groups excluding carboxylic acids is 1. The third-order valence-electron chi connectivity index (χ3n) is 4.03. The lowest BCUT2D eigenvalue weighted by Gasteiger charge is -2.38. The number of amides is 1. The number of halogens is 1. The number of phenols is 2. The van der Waals surface area contributed by atoms with Gasteiger partial charge in [0.05, 0.1) is 5.54 Å². The van der Waals surface area contributed by atoms with Crippen molar-refractivity contribution in [2.45, 2.75) is 38.1 Å². The fourth-order valence-electron chi connectivity index (χ4n) is 2.65. The Bertz CT molecular complexity index is 476. The van der Waals surface area contributed by atoms with Crippen LogP contribution in [0.5, 0.6) is 11.5 Å². The first-order chi connectivity index (χ1) is 9.44. The molecule has 0 spiro atoms. The molecule has 1 saturated carbocycles. The topological polar surface area (TPSA) is 69.6 Å². The number of nitrogens with one attached hydrogen (secondary N) is 1. The summed E-state index contributed by atoms with van der Waals surface area (Å²) in [7, 11) is 0. The van der Waals surface area contributed by atoms with E-state index in [1.54, 1.807) is 0 Å². The lowest BCUT2D eigenvalue weighted by molar-refractivity contribution is 0.0871. The standard InChI is InChI=1S/C15H20ClNO3/c1-10-2-4-15(9-16,5-3-10)17-14(20)11-6-12(18)8-13(19)7-11/h6-8,10,18-19H,2-5,9H2,1H3,(H,17,20). The third kappa shape index (κ3) is 3.37. The Balaban J connectivity index is 2.13. The molecule has 1 fully saturated rings. The number of hydrogen-bond donors (Lipinski definition) is 3. The fourth-order valence-corrected chi connectivity index (χ4v) is 2.98. The minimum Gasteiger partial charge on any atom is -0.508 e. The summed E-state index contributed by atoms with van der Waals surface area (Å²) in [5, 5.41) is 21.9. The SMILES string of the molecule is CC1CCC(CCl)(NC(=O)c2cc(O)cc(O)c2)CC1. The first-order valence-electron chi connectivity index (χ1n) is 6.86. The van der Waals surface area contributed by atoms with Gasteiger partial charge in [-0.15, -0.1) is 11.6 Å². The van der Waals surface area contributed by atoms with Crippen molar-refractivity contribution in [3.63, 3.8) is 0 Å². The fraction of sp³-hybridized carbons (Fsp3) is 0.533. The van der Waals surface area contributed by atoms with Crippen molar-refractivity contribution in [2.75, 3.05) is 5.88 Å². The zero-order valence-electron chi connectivity index (χ0n) is 11.5. The Labute approximate surface area is 123 Å². The molecule has 110 valence electrons. The molecule has 0 atom stereocenters. The van der Waals surface area contributed by atoms with Gasteiger partial charge in [0.1, 0.15) is 11.5 Å². The number of hydrogen-bond acceptors (Lipinski definition) is 3. The van der Waals surface area contributed by atoms with Gasteiger partial charge in [-0.3, -0.25) is 4.79 Å². The van der Waals surface area contributed by atoms with Crippen LogP contribution in [-0.2, 0) is 0 Å². The summed E-state index contributed by atoms with van der Waals surface area (Å²) in [4.78, 5) is 12.3. The van der Waals surface area contributed by atoms with Crippen molar-refractivity contribution in [1.82, 2.24) is 5.32 Å². The molecule has 2 rings (SSSR count). The van der Waals surface area contributed by atoms with Crippen LogP contribution in [0.2, 0.25) is 0 Å². The molecule has 0 heterocycles. The van der Waals surface area contributed by atoms with Crippen LogP contribution in [0.25, 0.3) is 0 Å². The van der Waals surface area contributed by atoms with Crippen molar-refractivity contribution < 1.29 is 15.0 Å². The van der Waals surface area contributed by atoms with Gasteiger partial charge in [0, 0.05) is 17.5 Å². The first-order valence-corrected chi connectivity index (χ1v) is 7.39. The van der Waals surface area contributed by atoms with Crippen molar-refractivity contribution in [1.29, 1.82) is 0 Å². The molecule has 4 nitrogen and oxygen atoms in total. The Morgan fingerprint density at radius 2 is 1.85 bits per heavy atom. The number of alkyl halides is 1. The van der Waals surface area contributed by atoms with Crippen LogP contribution in [0.3, 0.4) is 0 Å². The minimum atomic E-state index is -0.383. The number of rotatable bonds is 3. The van der Waals surface area contributed by atoms with Crippen molar-refractivity contribution in [2.24, 2.45) is 5.92 Å². The van der Waals surface area contributed by atoms with E-state index in [0.717, 1.165) is 25.7 Å². The molecular weight excluding hydrogens is 278 g/mol. The third-order valence-corrected chi connectivity index (χ3v) is 4.54. The van der Waals surface area contributed by atoms with E-state index in [0.29, 0.717) is 11.8 Å². The number of aromatic hydroxyl groups is 2. The molecule has 3 N–H and O–H groups in total. The summed E-state index contributed by atoms with van der Waals surface area (Å²) >= 11 is 6.07. The highest BCUT2D eigenvalue weighted by Crippen LogP contribution is 2.33. The van der Waals surface area contributed by atoms with Gasteiger partial charge in [-0.05, 0) is 43.7 Å². The van der Waals surface area contributed by atoms with Crippen LogP contribution in [0.1, 0.15) is 43.0 Å². The molecule has 20 heavy (non-hydrogen) atoms. The molecule has 0 aromatic heterocycles. The second-order valence-corrected chi connectivity index (χ2v) is 6.06. The van der Waals surface area contributed by atoms with Gasteiger partial charge in [-0.1, -0.05) is 6.92 Å². The van der Waals surface area contributed by atoms with Gasteiger partial charge in [0.2, 0.25) is 0 Å². The maximum absolute atomic E-state index is 12.3. The molecule has 0 radical (unpaired) electrons. The van der Waals surface area contributed by atoms with E-state index in [2.05, 4.69) is 12.2 Å². The van der Waals surface area contributed by atoms with Gasteiger partial charge in [0.15, 0.2) is 0 Å². The van der Waals surface area contributed by atoms with Crippen LogP contribution < -0.4 is 5.32 Å². The van der Waals surface area contributed by atoms with E-state index in [4.69, 9.17) is 11.6 Å². The predicted octanol–water partition coefficient (Wildman–Crippen LogP) is 3.02.